The summed E-state index contributed by atoms with van der Waals surface area (Å²) >= 11 is 0. The summed E-state index contributed by atoms with van der Waals surface area (Å²) in [5, 5.41) is 14.2. The van der Waals surface area contributed by atoms with E-state index in [-0.39, 0.29) is 11.3 Å². The molecule has 8 nitrogen and oxygen atoms in total. The van der Waals surface area contributed by atoms with Crippen molar-refractivity contribution in [3.05, 3.63) is 67.7 Å². The standard InChI is InChI=1S/C18H15N3O5/c22-17-13-4-2-1-3-11(13)12-6-5-10(9-14(12)20-17)19-18(23)15-7-8-16(26-15)21(24)25/h5-9H,1-4H2,(H,19,23)(H,20,22). The zero-order valence-electron chi connectivity index (χ0n) is 13.7. The van der Waals surface area contributed by atoms with E-state index in [9.17, 15) is 19.7 Å². The minimum absolute atomic E-state index is 0.0858. The van der Waals surface area contributed by atoms with Crippen LogP contribution in [0.25, 0.3) is 10.9 Å². The maximum absolute atomic E-state index is 12.3. The Kier molecular flexibility index (Phi) is 3.80. The Labute approximate surface area is 147 Å². The summed E-state index contributed by atoms with van der Waals surface area (Å²) in [5.74, 6) is -1.25. The quantitative estimate of drug-likeness (QED) is 0.554. The minimum Gasteiger partial charge on any atom is -0.395 e. The fourth-order valence-corrected chi connectivity index (χ4v) is 3.38. The topological polar surface area (TPSA) is 118 Å². The van der Waals surface area contributed by atoms with Crippen molar-refractivity contribution in [2.45, 2.75) is 25.7 Å². The Bertz CT molecular complexity index is 1100. The van der Waals surface area contributed by atoms with Crippen LogP contribution in [0.5, 0.6) is 0 Å². The van der Waals surface area contributed by atoms with Crippen LogP contribution in [0.15, 0.2) is 39.5 Å². The second-order valence-corrected chi connectivity index (χ2v) is 6.23. The van der Waals surface area contributed by atoms with Crippen molar-refractivity contribution in [2.75, 3.05) is 5.32 Å². The maximum Gasteiger partial charge on any atom is 0.433 e. The van der Waals surface area contributed by atoms with Crippen molar-refractivity contribution in [1.29, 1.82) is 0 Å². The highest BCUT2D eigenvalue weighted by Gasteiger charge is 2.19. The summed E-state index contributed by atoms with van der Waals surface area (Å²) in [5.41, 5.74) is 2.96. The summed E-state index contributed by atoms with van der Waals surface area (Å²) in [6, 6.07) is 7.66. The number of carbonyl (C=O) groups is 1. The molecule has 2 N–H and O–H groups in total. The van der Waals surface area contributed by atoms with Crippen LogP contribution in [0.1, 0.15) is 34.5 Å². The lowest BCUT2D eigenvalue weighted by molar-refractivity contribution is -0.402. The van der Waals surface area contributed by atoms with Crippen LogP contribution in [0.3, 0.4) is 0 Å². The van der Waals surface area contributed by atoms with Gasteiger partial charge in [-0.3, -0.25) is 19.7 Å². The number of carbonyl (C=O) groups excluding carboxylic acids is 1. The van der Waals surface area contributed by atoms with Crippen molar-refractivity contribution in [2.24, 2.45) is 0 Å². The van der Waals surface area contributed by atoms with E-state index in [1.165, 1.54) is 6.07 Å². The third-order valence-corrected chi connectivity index (χ3v) is 4.59. The van der Waals surface area contributed by atoms with Gasteiger partial charge in [0.05, 0.1) is 11.6 Å². The lowest BCUT2D eigenvalue weighted by Gasteiger charge is -2.17. The average molecular weight is 353 g/mol. The molecule has 0 atom stereocenters. The number of rotatable bonds is 3. The Balaban J connectivity index is 1.66. The number of H-pyrrole nitrogens is 1. The molecule has 0 unspecified atom stereocenters. The number of nitrogens with one attached hydrogen (secondary N) is 2. The summed E-state index contributed by atoms with van der Waals surface area (Å²) < 4.78 is 4.89. The average Bonchev–Trinajstić information content (AvgIpc) is 3.12. The molecule has 3 aromatic rings. The SMILES string of the molecule is O=C(Nc1ccc2c3c(c(=O)[nH]c2c1)CCCC3)c1ccc([N+](=O)[O-])o1. The van der Waals surface area contributed by atoms with E-state index >= 15 is 0 Å². The Hall–Kier alpha value is -3.42. The molecule has 1 aliphatic carbocycles. The molecule has 1 aromatic carbocycles. The van der Waals surface area contributed by atoms with E-state index in [4.69, 9.17) is 4.42 Å². The zero-order valence-corrected chi connectivity index (χ0v) is 13.7. The van der Waals surface area contributed by atoms with Gasteiger partial charge in [-0.25, -0.2) is 0 Å². The van der Waals surface area contributed by atoms with Crippen LogP contribution in [0, 0.1) is 10.1 Å². The molecule has 0 aliphatic heterocycles. The lowest BCUT2D eigenvalue weighted by atomic mass is 9.90. The number of hydrogen-bond donors (Lipinski definition) is 2. The molecule has 26 heavy (non-hydrogen) atoms. The van der Waals surface area contributed by atoms with Gasteiger partial charge < -0.3 is 14.7 Å². The molecular weight excluding hydrogens is 338 g/mol. The van der Waals surface area contributed by atoms with Crippen molar-refractivity contribution in [3.63, 3.8) is 0 Å². The summed E-state index contributed by atoms with van der Waals surface area (Å²) in [4.78, 5) is 37.3. The van der Waals surface area contributed by atoms with Crippen molar-refractivity contribution < 1.29 is 14.1 Å². The number of benzene rings is 1. The lowest BCUT2D eigenvalue weighted by Crippen LogP contribution is -2.19. The normalized spacial score (nSPS) is 13.4. The Morgan fingerprint density at radius 1 is 1.15 bits per heavy atom. The first kappa shape index (κ1) is 16.1. The van der Waals surface area contributed by atoms with Crippen LogP contribution in [-0.4, -0.2) is 15.8 Å². The number of aromatic amines is 1. The molecule has 0 saturated carbocycles. The largest absolute Gasteiger partial charge is 0.433 e. The minimum atomic E-state index is -0.708. The fraction of sp³-hybridized carbons (Fsp3) is 0.222. The molecule has 8 heteroatoms. The predicted molar refractivity (Wildman–Crippen MR) is 94.5 cm³/mol. The highest BCUT2D eigenvalue weighted by atomic mass is 16.6. The number of nitrogens with zero attached hydrogens (tertiary/aromatic N) is 1. The summed E-state index contributed by atoms with van der Waals surface area (Å²) in [6.45, 7) is 0. The first-order valence-electron chi connectivity index (χ1n) is 8.26. The highest BCUT2D eigenvalue weighted by Crippen LogP contribution is 2.27. The first-order valence-corrected chi connectivity index (χ1v) is 8.26. The number of anilines is 1. The molecule has 132 valence electrons. The van der Waals surface area contributed by atoms with Gasteiger partial charge in [0.15, 0.2) is 5.76 Å². The zero-order chi connectivity index (χ0) is 18.3. The number of pyridine rings is 1. The van der Waals surface area contributed by atoms with E-state index in [1.807, 2.05) is 6.07 Å². The number of hydrogen-bond acceptors (Lipinski definition) is 5. The molecule has 2 heterocycles. The highest BCUT2D eigenvalue weighted by molar-refractivity contribution is 6.03. The number of aromatic nitrogens is 1. The second-order valence-electron chi connectivity index (χ2n) is 6.23. The van der Waals surface area contributed by atoms with Gasteiger partial charge in [0, 0.05) is 16.6 Å². The molecule has 0 spiro atoms. The fourth-order valence-electron chi connectivity index (χ4n) is 3.38. The van der Waals surface area contributed by atoms with Gasteiger partial charge in [-0.05, 0) is 49.4 Å². The van der Waals surface area contributed by atoms with Gasteiger partial charge in [0.1, 0.15) is 4.92 Å². The monoisotopic (exact) mass is 353 g/mol. The van der Waals surface area contributed by atoms with Crippen LogP contribution in [0.4, 0.5) is 11.6 Å². The van der Waals surface area contributed by atoms with E-state index in [0.717, 1.165) is 48.3 Å². The van der Waals surface area contributed by atoms with Gasteiger partial charge in [-0.15, -0.1) is 0 Å². The molecule has 2 aromatic heterocycles. The molecule has 0 radical (unpaired) electrons. The van der Waals surface area contributed by atoms with Gasteiger partial charge >= 0.3 is 5.88 Å². The Morgan fingerprint density at radius 2 is 1.92 bits per heavy atom. The van der Waals surface area contributed by atoms with Crippen molar-refractivity contribution in [3.8, 4) is 0 Å². The van der Waals surface area contributed by atoms with E-state index in [1.54, 1.807) is 12.1 Å². The molecule has 0 fully saturated rings. The summed E-state index contributed by atoms with van der Waals surface area (Å²) in [6.07, 6.45) is 3.74. The van der Waals surface area contributed by atoms with Crippen molar-refractivity contribution in [1.82, 2.24) is 4.98 Å². The molecule has 0 bridgehead atoms. The van der Waals surface area contributed by atoms with Crippen LogP contribution >= 0.6 is 0 Å². The number of amides is 1. The third-order valence-electron chi connectivity index (χ3n) is 4.59. The van der Waals surface area contributed by atoms with Crippen LogP contribution in [-0.2, 0) is 12.8 Å². The van der Waals surface area contributed by atoms with Gasteiger partial charge in [0.2, 0.25) is 0 Å². The van der Waals surface area contributed by atoms with Crippen molar-refractivity contribution >= 4 is 28.4 Å². The molecule has 1 amide bonds. The summed E-state index contributed by atoms with van der Waals surface area (Å²) in [7, 11) is 0. The molecular formula is C18H15N3O5. The number of nitro groups is 1. The maximum atomic E-state index is 12.3. The van der Waals surface area contributed by atoms with Crippen LogP contribution in [0.2, 0.25) is 0 Å². The molecule has 0 saturated heterocycles. The van der Waals surface area contributed by atoms with E-state index < -0.39 is 16.7 Å². The number of fused-ring (bicyclic) bond motifs is 3. The van der Waals surface area contributed by atoms with Gasteiger partial charge in [0.25, 0.3) is 11.5 Å². The number of furan rings is 1. The van der Waals surface area contributed by atoms with Gasteiger partial charge in [-0.2, -0.15) is 0 Å². The number of aryl methyl sites for hydroxylation is 1. The van der Waals surface area contributed by atoms with Crippen LogP contribution < -0.4 is 10.9 Å². The Morgan fingerprint density at radius 3 is 2.65 bits per heavy atom. The predicted octanol–water partition coefficient (Wildman–Crippen LogP) is 3.16. The molecule has 1 aliphatic rings. The first-order chi connectivity index (χ1) is 12.5. The molecule has 4 rings (SSSR count). The third kappa shape index (κ3) is 2.75. The van der Waals surface area contributed by atoms with E-state index in [2.05, 4.69) is 10.3 Å². The second kappa shape index (κ2) is 6.14. The smallest absolute Gasteiger partial charge is 0.395 e. The van der Waals surface area contributed by atoms with E-state index in [0.29, 0.717) is 11.2 Å². The van der Waals surface area contributed by atoms with Gasteiger partial charge in [-0.1, -0.05) is 6.07 Å².